The van der Waals surface area contributed by atoms with Crippen LogP contribution in [-0.4, -0.2) is 24.8 Å². The zero-order chi connectivity index (χ0) is 12.6. The van der Waals surface area contributed by atoms with Crippen molar-refractivity contribution in [1.82, 2.24) is 0 Å². The molecule has 17 heavy (non-hydrogen) atoms. The summed E-state index contributed by atoms with van der Waals surface area (Å²) in [6.45, 7) is 0.221. The van der Waals surface area contributed by atoms with Gasteiger partial charge in [0.05, 0.1) is 7.11 Å². The highest BCUT2D eigenvalue weighted by atomic mass is 16.5. The van der Waals surface area contributed by atoms with Gasteiger partial charge in [-0.2, -0.15) is 0 Å². The first kappa shape index (κ1) is 14.2. The second-order valence-corrected chi connectivity index (χ2v) is 5.01. The van der Waals surface area contributed by atoms with Crippen LogP contribution >= 0.6 is 0 Å². The molecule has 0 radical (unpaired) electrons. The van der Waals surface area contributed by atoms with Gasteiger partial charge in [-0.05, 0) is 43.9 Å². The number of carbonyl (C=O) groups excluding carboxylic acids is 1. The highest BCUT2D eigenvalue weighted by Crippen LogP contribution is 2.36. The Hall–Kier alpha value is -0.830. The van der Waals surface area contributed by atoms with Crippen molar-refractivity contribution in [3.8, 4) is 0 Å². The molecule has 0 aromatic heterocycles. The van der Waals surface area contributed by atoms with Gasteiger partial charge in [0.2, 0.25) is 0 Å². The van der Waals surface area contributed by atoms with Crippen LogP contribution < -0.4 is 0 Å². The third kappa shape index (κ3) is 4.90. The number of aliphatic hydroxyl groups excluding tert-OH is 1. The van der Waals surface area contributed by atoms with E-state index in [2.05, 4.69) is 16.9 Å². The monoisotopic (exact) mass is 240 g/mol. The van der Waals surface area contributed by atoms with Gasteiger partial charge < -0.3 is 9.84 Å². The van der Waals surface area contributed by atoms with Crippen LogP contribution in [0.4, 0.5) is 0 Å². The molecule has 1 aliphatic carbocycles. The molecule has 3 nitrogen and oxygen atoms in total. The number of aliphatic hydroxyl groups is 1. The fourth-order valence-corrected chi connectivity index (χ4v) is 2.47. The van der Waals surface area contributed by atoms with Gasteiger partial charge in [-0.25, -0.2) is 0 Å². The maximum absolute atomic E-state index is 11.1. The molecule has 0 spiro atoms. The Morgan fingerprint density at radius 3 is 2.94 bits per heavy atom. The Morgan fingerprint density at radius 2 is 2.24 bits per heavy atom. The molecule has 1 atom stereocenters. The molecule has 1 rings (SSSR count). The summed E-state index contributed by atoms with van der Waals surface area (Å²) >= 11 is 0. The first-order valence-electron chi connectivity index (χ1n) is 6.55. The van der Waals surface area contributed by atoms with Gasteiger partial charge in [0.15, 0.2) is 0 Å². The van der Waals surface area contributed by atoms with E-state index in [9.17, 15) is 9.90 Å². The average molecular weight is 240 g/mol. The van der Waals surface area contributed by atoms with Gasteiger partial charge in [-0.1, -0.05) is 18.6 Å². The minimum absolute atomic E-state index is 0.00899. The van der Waals surface area contributed by atoms with Crippen LogP contribution in [0.5, 0.6) is 0 Å². The number of rotatable bonds is 5. The molecule has 0 aromatic rings. The third-order valence-electron chi connectivity index (χ3n) is 3.70. The van der Waals surface area contributed by atoms with Crippen LogP contribution in [0.15, 0.2) is 12.2 Å². The summed E-state index contributed by atoms with van der Waals surface area (Å²) in [7, 11) is 1.42. The lowest BCUT2D eigenvalue weighted by molar-refractivity contribution is -0.140. The summed E-state index contributed by atoms with van der Waals surface area (Å²) in [5.74, 6) is -0.153. The van der Waals surface area contributed by atoms with Crippen molar-refractivity contribution in [2.45, 2.75) is 51.4 Å². The SMILES string of the molecule is COC(=O)CCCC1(CO)CC=CCCCC1. The van der Waals surface area contributed by atoms with Gasteiger partial charge in [-0.3, -0.25) is 4.79 Å². The van der Waals surface area contributed by atoms with E-state index in [0.29, 0.717) is 6.42 Å². The third-order valence-corrected chi connectivity index (χ3v) is 3.70. The number of methoxy groups -OCH3 is 1. The fraction of sp³-hybridized carbons (Fsp3) is 0.786. The van der Waals surface area contributed by atoms with E-state index in [4.69, 9.17) is 0 Å². The summed E-state index contributed by atoms with van der Waals surface area (Å²) < 4.78 is 4.64. The molecule has 98 valence electrons. The molecule has 0 saturated heterocycles. The predicted octanol–water partition coefficient (Wildman–Crippen LogP) is 2.83. The molecule has 1 unspecified atom stereocenters. The minimum Gasteiger partial charge on any atom is -0.469 e. The molecule has 3 heteroatoms. The minimum atomic E-state index is -0.153. The number of allylic oxidation sites excluding steroid dienone is 2. The normalized spacial score (nSPS) is 25.1. The molecule has 0 heterocycles. The average Bonchev–Trinajstić information content (AvgIpc) is 2.32. The largest absolute Gasteiger partial charge is 0.469 e. The number of ether oxygens (including phenoxy) is 1. The summed E-state index contributed by atoms with van der Waals surface area (Å²) in [5.41, 5.74) is -0.00899. The Labute approximate surface area is 104 Å². The molecule has 0 bridgehead atoms. The van der Waals surface area contributed by atoms with Crippen molar-refractivity contribution in [2.75, 3.05) is 13.7 Å². The second-order valence-electron chi connectivity index (χ2n) is 5.01. The molecule has 1 aliphatic rings. The van der Waals surface area contributed by atoms with Crippen molar-refractivity contribution >= 4 is 5.97 Å². The number of esters is 1. The van der Waals surface area contributed by atoms with Crippen molar-refractivity contribution in [3.05, 3.63) is 12.2 Å². The summed E-state index contributed by atoms with van der Waals surface area (Å²) in [6, 6.07) is 0. The lowest BCUT2D eigenvalue weighted by atomic mass is 9.75. The highest BCUT2D eigenvalue weighted by molar-refractivity contribution is 5.68. The van der Waals surface area contributed by atoms with E-state index in [1.165, 1.54) is 20.0 Å². The Balaban J connectivity index is 2.45. The van der Waals surface area contributed by atoms with Crippen molar-refractivity contribution in [3.63, 3.8) is 0 Å². The van der Waals surface area contributed by atoms with Crippen molar-refractivity contribution in [2.24, 2.45) is 5.41 Å². The van der Waals surface area contributed by atoms with E-state index in [1.54, 1.807) is 0 Å². The maximum Gasteiger partial charge on any atom is 0.305 e. The fourth-order valence-electron chi connectivity index (χ4n) is 2.47. The lowest BCUT2D eigenvalue weighted by Crippen LogP contribution is -2.26. The lowest BCUT2D eigenvalue weighted by Gasteiger charge is -2.32. The first-order chi connectivity index (χ1) is 8.22. The van der Waals surface area contributed by atoms with E-state index in [1.807, 2.05) is 0 Å². The molecular weight excluding hydrogens is 216 g/mol. The van der Waals surface area contributed by atoms with Gasteiger partial charge in [0.25, 0.3) is 0 Å². The van der Waals surface area contributed by atoms with Crippen LogP contribution in [0.1, 0.15) is 51.4 Å². The summed E-state index contributed by atoms with van der Waals surface area (Å²) in [4.78, 5) is 11.1. The van der Waals surface area contributed by atoms with Gasteiger partial charge >= 0.3 is 5.97 Å². The maximum atomic E-state index is 11.1. The van der Waals surface area contributed by atoms with Crippen molar-refractivity contribution in [1.29, 1.82) is 0 Å². The molecule has 0 amide bonds. The Bertz CT molecular complexity index is 260. The van der Waals surface area contributed by atoms with Crippen LogP contribution in [0.3, 0.4) is 0 Å². The second kappa shape index (κ2) is 7.49. The topological polar surface area (TPSA) is 46.5 Å². The smallest absolute Gasteiger partial charge is 0.305 e. The van der Waals surface area contributed by atoms with Crippen LogP contribution in [0.25, 0.3) is 0 Å². The van der Waals surface area contributed by atoms with E-state index < -0.39 is 0 Å². The van der Waals surface area contributed by atoms with Crippen LogP contribution in [0.2, 0.25) is 0 Å². The zero-order valence-electron chi connectivity index (χ0n) is 10.8. The molecule has 1 N–H and O–H groups in total. The van der Waals surface area contributed by atoms with Crippen LogP contribution in [0, 0.1) is 5.41 Å². The number of hydrogen-bond acceptors (Lipinski definition) is 3. The van der Waals surface area contributed by atoms with Gasteiger partial charge in [0, 0.05) is 13.0 Å². The first-order valence-corrected chi connectivity index (χ1v) is 6.55. The quantitative estimate of drug-likeness (QED) is 0.593. The summed E-state index contributed by atoms with van der Waals surface area (Å²) in [5, 5.41) is 9.63. The van der Waals surface area contributed by atoms with Gasteiger partial charge in [-0.15, -0.1) is 0 Å². The predicted molar refractivity (Wildman–Crippen MR) is 67.6 cm³/mol. The standard InChI is InChI=1S/C14H24O3/c1-17-13(16)8-7-11-14(12-15)9-5-3-2-4-6-10-14/h3,5,15H,2,4,6-12H2,1H3. The molecule has 0 aliphatic heterocycles. The highest BCUT2D eigenvalue weighted by Gasteiger charge is 2.28. The van der Waals surface area contributed by atoms with Gasteiger partial charge in [0.1, 0.15) is 0 Å². The van der Waals surface area contributed by atoms with E-state index in [0.717, 1.165) is 32.1 Å². The van der Waals surface area contributed by atoms with Crippen molar-refractivity contribution < 1.29 is 14.6 Å². The van der Waals surface area contributed by atoms with E-state index >= 15 is 0 Å². The molecule has 0 aromatic carbocycles. The zero-order valence-corrected chi connectivity index (χ0v) is 10.8. The number of hydrogen-bond donors (Lipinski definition) is 1. The number of carbonyl (C=O) groups is 1. The van der Waals surface area contributed by atoms with E-state index in [-0.39, 0.29) is 18.0 Å². The molecule has 0 fully saturated rings. The summed E-state index contributed by atoms with van der Waals surface area (Å²) in [6.07, 6.45) is 12.1. The molecular formula is C14H24O3. The molecule has 0 saturated carbocycles. The Morgan fingerprint density at radius 1 is 1.41 bits per heavy atom. The Kier molecular flexibility index (Phi) is 6.27. The van der Waals surface area contributed by atoms with Crippen LogP contribution in [-0.2, 0) is 9.53 Å².